The van der Waals surface area contributed by atoms with Crippen molar-refractivity contribution < 1.29 is 0 Å². The molecule has 3 nitrogen and oxygen atoms in total. The van der Waals surface area contributed by atoms with E-state index < -0.39 is 0 Å². The van der Waals surface area contributed by atoms with Crippen LogP contribution in [-0.2, 0) is 0 Å². The third kappa shape index (κ3) is 3.77. The molecule has 2 heterocycles. The van der Waals surface area contributed by atoms with E-state index in [9.17, 15) is 0 Å². The molecule has 1 aliphatic carbocycles. The van der Waals surface area contributed by atoms with Crippen molar-refractivity contribution in [3.05, 3.63) is 29.3 Å². The Kier molecular flexibility index (Phi) is 5.51. The van der Waals surface area contributed by atoms with Gasteiger partial charge in [-0.3, -0.25) is 4.90 Å². The normalized spacial score (nSPS) is 29.5. The third-order valence-corrected chi connectivity index (χ3v) is 7.19. The molecule has 3 aliphatic rings. The average Bonchev–Trinajstić information content (AvgIpc) is 3.12. The molecule has 2 saturated heterocycles. The second-order valence-electron chi connectivity index (χ2n) is 8.64. The van der Waals surface area contributed by atoms with Crippen molar-refractivity contribution >= 4 is 23.0 Å². The molecule has 3 atom stereocenters. The van der Waals surface area contributed by atoms with E-state index in [0.29, 0.717) is 6.04 Å². The Balaban J connectivity index is 1.37. The van der Waals surface area contributed by atoms with Crippen molar-refractivity contribution in [3.63, 3.8) is 0 Å². The van der Waals surface area contributed by atoms with Crippen LogP contribution >= 0.6 is 12.2 Å². The molecule has 1 aromatic carbocycles. The van der Waals surface area contributed by atoms with Gasteiger partial charge in [0.15, 0.2) is 5.11 Å². The van der Waals surface area contributed by atoms with Crippen LogP contribution in [-0.4, -0.2) is 34.2 Å². The molecule has 0 aromatic heterocycles. The Bertz CT molecular complexity index is 639. The molecule has 0 spiro atoms. The fraction of sp³-hybridized carbons (Fsp3) is 0.682. The monoisotopic (exact) mass is 371 g/mol. The van der Waals surface area contributed by atoms with E-state index in [0.717, 1.165) is 28.9 Å². The van der Waals surface area contributed by atoms with E-state index in [1.165, 1.54) is 68.9 Å². The summed E-state index contributed by atoms with van der Waals surface area (Å²) in [4.78, 5) is 2.93. The molecule has 2 aliphatic heterocycles. The molecule has 3 fully saturated rings. The van der Waals surface area contributed by atoms with Gasteiger partial charge in [-0.15, -0.1) is 0 Å². The van der Waals surface area contributed by atoms with Gasteiger partial charge in [0, 0.05) is 29.9 Å². The van der Waals surface area contributed by atoms with Gasteiger partial charge in [-0.05, 0) is 81.8 Å². The van der Waals surface area contributed by atoms with Gasteiger partial charge in [-0.2, -0.15) is 0 Å². The minimum Gasteiger partial charge on any atom is -0.360 e. The van der Waals surface area contributed by atoms with Crippen LogP contribution in [0.15, 0.2) is 18.2 Å². The Morgan fingerprint density at radius 1 is 0.962 bits per heavy atom. The van der Waals surface area contributed by atoms with Gasteiger partial charge < -0.3 is 10.6 Å². The lowest BCUT2D eigenvalue weighted by Gasteiger charge is -2.52. The summed E-state index contributed by atoms with van der Waals surface area (Å²) in [5.74, 6) is 0. The highest BCUT2D eigenvalue weighted by molar-refractivity contribution is 7.80. The highest BCUT2D eigenvalue weighted by Gasteiger charge is 2.42. The van der Waals surface area contributed by atoms with Gasteiger partial charge in [0.1, 0.15) is 0 Å². The van der Waals surface area contributed by atoms with Crippen LogP contribution in [0.1, 0.15) is 68.9 Å². The van der Waals surface area contributed by atoms with Gasteiger partial charge in [-0.1, -0.05) is 31.4 Å². The fourth-order valence-corrected chi connectivity index (χ4v) is 5.84. The van der Waals surface area contributed by atoms with Crippen LogP contribution in [0.4, 0.5) is 5.69 Å². The maximum absolute atomic E-state index is 5.65. The summed E-state index contributed by atoms with van der Waals surface area (Å²) in [5, 5.41) is 7.87. The number of fused-ring (bicyclic) bond motifs is 2. The molecule has 1 saturated carbocycles. The molecule has 2 N–H and O–H groups in total. The molecule has 4 rings (SSSR count). The number of hydrogen-bond acceptors (Lipinski definition) is 2. The number of benzene rings is 1. The summed E-state index contributed by atoms with van der Waals surface area (Å²) in [6.45, 7) is 4.31. The number of nitrogens with zero attached hydrogens (tertiary/aromatic N) is 1. The van der Waals surface area contributed by atoms with E-state index in [-0.39, 0.29) is 0 Å². The fourth-order valence-electron chi connectivity index (χ4n) is 5.56. The number of aryl methyl sites for hydroxylation is 1. The zero-order chi connectivity index (χ0) is 18.1. The van der Waals surface area contributed by atoms with Crippen molar-refractivity contribution in [1.82, 2.24) is 10.2 Å². The number of anilines is 1. The van der Waals surface area contributed by atoms with Crippen LogP contribution in [0, 0.1) is 13.8 Å². The molecule has 4 heteroatoms. The zero-order valence-electron chi connectivity index (χ0n) is 16.3. The Morgan fingerprint density at radius 3 is 2.31 bits per heavy atom. The first kappa shape index (κ1) is 18.2. The molecule has 2 bridgehead atoms. The zero-order valence-corrected chi connectivity index (χ0v) is 17.1. The second kappa shape index (κ2) is 7.85. The summed E-state index contributed by atoms with van der Waals surface area (Å²) in [7, 11) is 0. The van der Waals surface area contributed by atoms with Crippen LogP contribution in [0.5, 0.6) is 0 Å². The standard InChI is InChI=1S/C22H33N3S/c1-15-7-5-12-21(16(15)2)24-22(26)23-17-13-19-10-6-11-20(14-17)25(19)18-8-3-4-9-18/h5,7,12,17-20H,3-4,6,8-11,13-14H2,1-2H3,(H2,23,24,26)/t17?,19-,20+. The largest absolute Gasteiger partial charge is 0.360 e. The average molecular weight is 372 g/mol. The number of hydrogen-bond donors (Lipinski definition) is 2. The first-order valence-electron chi connectivity index (χ1n) is 10.5. The highest BCUT2D eigenvalue weighted by Crippen LogP contribution is 2.39. The summed E-state index contributed by atoms with van der Waals surface area (Å²) >= 11 is 5.65. The molecule has 1 unspecified atom stereocenters. The Morgan fingerprint density at radius 2 is 1.62 bits per heavy atom. The minimum atomic E-state index is 0.521. The van der Waals surface area contributed by atoms with Crippen LogP contribution < -0.4 is 10.6 Å². The quantitative estimate of drug-likeness (QED) is 0.738. The predicted octanol–water partition coefficient (Wildman–Crippen LogP) is 4.92. The smallest absolute Gasteiger partial charge is 0.171 e. The highest BCUT2D eigenvalue weighted by atomic mass is 32.1. The van der Waals surface area contributed by atoms with E-state index in [1.807, 2.05) is 0 Å². The lowest BCUT2D eigenvalue weighted by molar-refractivity contribution is -0.00596. The SMILES string of the molecule is Cc1cccc(NC(=S)NC2C[C@H]3CCC[C@@H](C2)N3C2CCCC2)c1C. The van der Waals surface area contributed by atoms with Crippen LogP contribution in [0.2, 0.25) is 0 Å². The van der Waals surface area contributed by atoms with Crippen molar-refractivity contribution in [1.29, 1.82) is 0 Å². The Labute approximate surface area is 163 Å². The molecule has 142 valence electrons. The van der Waals surface area contributed by atoms with Crippen molar-refractivity contribution in [2.75, 3.05) is 5.32 Å². The van der Waals surface area contributed by atoms with Crippen molar-refractivity contribution in [2.45, 2.75) is 95.8 Å². The van der Waals surface area contributed by atoms with Gasteiger partial charge in [0.05, 0.1) is 0 Å². The lowest BCUT2D eigenvalue weighted by Crippen LogP contribution is -2.59. The number of rotatable bonds is 3. The predicted molar refractivity (Wildman–Crippen MR) is 114 cm³/mol. The molecular formula is C22H33N3S. The molecule has 0 amide bonds. The van der Waals surface area contributed by atoms with Crippen molar-refractivity contribution in [2.24, 2.45) is 0 Å². The van der Waals surface area contributed by atoms with Gasteiger partial charge in [0.25, 0.3) is 0 Å². The van der Waals surface area contributed by atoms with Crippen molar-refractivity contribution in [3.8, 4) is 0 Å². The van der Waals surface area contributed by atoms with Crippen LogP contribution in [0.3, 0.4) is 0 Å². The van der Waals surface area contributed by atoms with Gasteiger partial charge in [-0.25, -0.2) is 0 Å². The molecule has 1 aromatic rings. The Hall–Kier alpha value is -1.13. The lowest BCUT2D eigenvalue weighted by atomic mass is 9.80. The summed E-state index contributed by atoms with van der Waals surface area (Å²) in [6.07, 6.45) is 12.4. The number of piperidine rings is 2. The summed E-state index contributed by atoms with van der Waals surface area (Å²) in [6, 6.07) is 9.29. The van der Waals surface area contributed by atoms with Gasteiger partial charge >= 0.3 is 0 Å². The van der Waals surface area contributed by atoms with E-state index >= 15 is 0 Å². The van der Waals surface area contributed by atoms with Gasteiger partial charge in [0.2, 0.25) is 0 Å². The molecule has 26 heavy (non-hydrogen) atoms. The molecule has 0 radical (unpaired) electrons. The maximum Gasteiger partial charge on any atom is 0.171 e. The summed E-state index contributed by atoms with van der Waals surface area (Å²) in [5.41, 5.74) is 3.72. The minimum absolute atomic E-state index is 0.521. The van der Waals surface area contributed by atoms with E-state index in [4.69, 9.17) is 12.2 Å². The second-order valence-corrected chi connectivity index (χ2v) is 9.05. The first-order chi connectivity index (χ1) is 12.6. The first-order valence-corrected chi connectivity index (χ1v) is 10.9. The van der Waals surface area contributed by atoms with E-state index in [2.05, 4.69) is 47.6 Å². The number of thiocarbonyl (C=S) groups is 1. The number of nitrogens with one attached hydrogen (secondary N) is 2. The third-order valence-electron chi connectivity index (χ3n) is 6.97. The van der Waals surface area contributed by atoms with Crippen LogP contribution in [0.25, 0.3) is 0 Å². The molecular weight excluding hydrogens is 338 g/mol. The topological polar surface area (TPSA) is 27.3 Å². The maximum atomic E-state index is 5.65. The summed E-state index contributed by atoms with van der Waals surface area (Å²) < 4.78 is 0. The van der Waals surface area contributed by atoms with E-state index in [1.54, 1.807) is 0 Å².